The minimum atomic E-state index is -0.205. The Labute approximate surface area is 156 Å². The number of para-hydroxylation sites is 2. The highest BCUT2D eigenvalue weighted by Gasteiger charge is 2.35. The number of nitrogens with zero attached hydrogens (tertiary/aromatic N) is 2. The van der Waals surface area contributed by atoms with Gasteiger partial charge in [-0.25, -0.2) is 0 Å². The van der Waals surface area contributed by atoms with Crippen molar-refractivity contribution in [1.82, 2.24) is 0 Å². The molecule has 3 aromatic carbocycles. The molecule has 0 aliphatic carbocycles. The predicted octanol–water partition coefficient (Wildman–Crippen LogP) is 4.94. The number of benzene rings is 3. The van der Waals surface area contributed by atoms with Crippen LogP contribution in [0.25, 0.3) is 0 Å². The van der Waals surface area contributed by atoms with Crippen LogP contribution in [0.4, 0.5) is 11.4 Å². The third kappa shape index (κ3) is 3.07. The molecule has 0 unspecified atom stereocenters. The van der Waals surface area contributed by atoms with Crippen molar-refractivity contribution < 1.29 is 9.63 Å². The Balaban J connectivity index is 1.63. The van der Waals surface area contributed by atoms with E-state index in [0.717, 1.165) is 22.5 Å². The molecule has 26 heavy (non-hydrogen) atoms. The van der Waals surface area contributed by atoms with Crippen molar-refractivity contribution in [2.75, 3.05) is 4.90 Å². The molecule has 3 aromatic rings. The molecule has 0 atom stereocenters. The van der Waals surface area contributed by atoms with Gasteiger partial charge in [0.2, 0.25) is 0 Å². The van der Waals surface area contributed by atoms with Gasteiger partial charge >= 0.3 is 0 Å². The molecule has 128 valence electrons. The molecule has 0 saturated heterocycles. The van der Waals surface area contributed by atoms with Crippen LogP contribution in [0.15, 0.2) is 84.0 Å². The van der Waals surface area contributed by atoms with Crippen molar-refractivity contribution >= 4 is 34.6 Å². The normalized spacial score (nSPS) is 14.6. The lowest BCUT2D eigenvalue weighted by atomic mass is 10.1. The Morgan fingerprint density at radius 2 is 1.69 bits per heavy atom. The van der Waals surface area contributed by atoms with E-state index in [1.165, 1.54) is 0 Å². The van der Waals surface area contributed by atoms with Gasteiger partial charge in [0.1, 0.15) is 6.61 Å². The number of carbonyl (C=O) groups is 1. The number of halogens is 1. The number of rotatable bonds is 4. The molecule has 1 amide bonds. The van der Waals surface area contributed by atoms with Gasteiger partial charge in [0.25, 0.3) is 5.91 Å². The van der Waals surface area contributed by atoms with Crippen molar-refractivity contribution in [3.05, 3.63) is 95.0 Å². The van der Waals surface area contributed by atoms with E-state index in [1.54, 1.807) is 11.0 Å². The fourth-order valence-electron chi connectivity index (χ4n) is 2.92. The zero-order valence-corrected chi connectivity index (χ0v) is 14.6. The highest BCUT2D eigenvalue weighted by atomic mass is 35.5. The second-order valence-electron chi connectivity index (χ2n) is 5.84. The van der Waals surface area contributed by atoms with Crippen LogP contribution < -0.4 is 4.90 Å². The summed E-state index contributed by atoms with van der Waals surface area (Å²) in [5.74, 6) is -0.205. The monoisotopic (exact) mass is 362 g/mol. The minimum absolute atomic E-state index is 0.205. The van der Waals surface area contributed by atoms with Crippen LogP contribution in [-0.4, -0.2) is 11.6 Å². The van der Waals surface area contributed by atoms with Gasteiger partial charge in [0.15, 0.2) is 5.71 Å². The lowest BCUT2D eigenvalue weighted by Crippen LogP contribution is -2.25. The summed E-state index contributed by atoms with van der Waals surface area (Å²) in [4.78, 5) is 20.1. The third-order valence-electron chi connectivity index (χ3n) is 4.10. The van der Waals surface area contributed by atoms with Gasteiger partial charge in [-0.05, 0) is 35.9 Å². The van der Waals surface area contributed by atoms with Gasteiger partial charge in [-0.2, -0.15) is 0 Å². The molecule has 4 rings (SSSR count). The number of hydrogen-bond acceptors (Lipinski definition) is 3. The first-order valence-electron chi connectivity index (χ1n) is 8.17. The van der Waals surface area contributed by atoms with Crippen LogP contribution in [0.1, 0.15) is 11.1 Å². The number of anilines is 2. The first-order valence-corrected chi connectivity index (χ1v) is 8.55. The smallest absolute Gasteiger partial charge is 0.285 e. The van der Waals surface area contributed by atoms with Gasteiger partial charge in [-0.1, -0.05) is 65.3 Å². The zero-order chi connectivity index (χ0) is 17.9. The molecule has 0 bridgehead atoms. The molecule has 0 spiro atoms. The quantitative estimate of drug-likeness (QED) is 0.617. The van der Waals surface area contributed by atoms with Crippen molar-refractivity contribution in [2.24, 2.45) is 5.16 Å². The minimum Gasteiger partial charge on any atom is -0.390 e. The summed E-state index contributed by atoms with van der Waals surface area (Å²) < 4.78 is 0. The third-order valence-corrected chi connectivity index (χ3v) is 4.33. The van der Waals surface area contributed by atoms with Crippen LogP contribution >= 0.6 is 11.6 Å². The van der Waals surface area contributed by atoms with Crippen LogP contribution in [0.3, 0.4) is 0 Å². The van der Waals surface area contributed by atoms with Gasteiger partial charge in [-0.15, -0.1) is 0 Å². The fraction of sp³-hybridized carbons (Fsp3) is 0.0476. The summed E-state index contributed by atoms with van der Waals surface area (Å²) in [6.45, 7) is 0.241. The number of carbonyl (C=O) groups excluding carboxylic acids is 1. The molecule has 4 nitrogen and oxygen atoms in total. The van der Waals surface area contributed by atoms with E-state index in [4.69, 9.17) is 16.4 Å². The molecule has 0 aromatic heterocycles. The van der Waals surface area contributed by atoms with E-state index in [-0.39, 0.29) is 12.5 Å². The highest BCUT2D eigenvalue weighted by Crippen LogP contribution is 2.35. The molecule has 1 heterocycles. The molecule has 0 fully saturated rings. The molecule has 1 aliphatic heterocycles. The number of fused-ring (bicyclic) bond motifs is 1. The van der Waals surface area contributed by atoms with E-state index in [1.807, 2.05) is 72.8 Å². The van der Waals surface area contributed by atoms with Crippen LogP contribution in [0.2, 0.25) is 5.02 Å². The van der Waals surface area contributed by atoms with E-state index in [0.29, 0.717) is 10.7 Å². The van der Waals surface area contributed by atoms with Crippen LogP contribution in [-0.2, 0) is 16.2 Å². The zero-order valence-electron chi connectivity index (χ0n) is 13.8. The Kier molecular flexibility index (Phi) is 4.42. The second kappa shape index (κ2) is 7.02. The fourth-order valence-corrected chi connectivity index (χ4v) is 3.13. The Bertz CT molecular complexity index is 986. The molecular weight excluding hydrogens is 348 g/mol. The number of hydrogen-bond donors (Lipinski definition) is 0. The molecule has 0 radical (unpaired) electrons. The maximum absolute atomic E-state index is 13.0. The van der Waals surface area contributed by atoms with E-state index < -0.39 is 0 Å². The topological polar surface area (TPSA) is 41.9 Å². The average molecular weight is 363 g/mol. The van der Waals surface area contributed by atoms with Gasteiger partial charge in [-0.3, -0.25) is 9.69 Å². The SMILES string of the molecule is O=C1C(=NOCc2cccc(Cl)c2)c2ccccc2N1c1ccccc1. The summed E-state index contributed by atoms with van der Waals surface area (Å²) in [7, 11) is 0. The highest BCUT2D eigenvalue weighted by molar-refractivity contribution is 6.55. The largest absolute Gasteiger partial charge is 0.390 e. The number of oxime groups is 1. The summed E-state index contributed by atoms with van der Waals surface area (Å²) in [5, 5.41) is 4.76. The number of amides is 1. The predicted molar refractivity (Wildman–Crippen MR) is 103 cm³/mol. The summed E-state index contributed by atoms with van der Waals surface area (Å²) >= 11 is 5.98. The van der Waals surface area contributed by atoms with Gasteiger partial charge < -0.3 is 4.84 Å². The van der Waals surface area contributed by atoms with Crippen LogP contribution in [0, 0.1) is 0 Å². The first-order chi connectivity index (χ1) is 12.7. The first kappa shape index (κ1) is 16.4. The molecule has 5 heteroatoms. The maximum Gasteiger partial charge on any atom is 0.285 e. The van der Waals surface area contributed by atoms with Crippen molar-refractivity contribution in [3.63, 3.8) is 0 Å². The maximum atomic E-state index is 13.0. The lowest BCUT2D eigenvalue weighted by molar-refractivity contribution is -0.111. The molecule has 0 saturated carbocycles. The lowest BCUT2D eigenvalue weighted by Gasteiger charge is -2.16. The van der Waals surface area contributed by atoms with Gasteiger partial charge in [0, 0.05) is 16.3 Å². The molecule has 0 N–H and O–H groups in total. The summed E-state index contributed by atoms with van der Waals surface area (Å²) in [5.41, 5.74) is 3.54. The molecule has 1 aliphatic rings. The average Bonchev–Trinajstić information content (AvgIpc) is 2.94. The van der Waals surface area contributed by atoms with E-state index in [9.17, 15) is 4.79 Å². The van der Waals surface area contributed by atoms with E-state index in [2.05, 4.69) is 5.16 Å². The van der Waals surface area contributed by atoms with Gasteiger partial charge in [0.05, 0.1) is 5.69 Å². The van der Waals surface area contributed by atoms with E-state index >= 15 is 0 Å². The second-order valence-corrected chi connectivity index (χ2v) is 6.27. The molecular formula is C21H15ClN2O2. The van der Waals surface area contributed by atoms with Crippen LogP contribution in [0.5, 0.6) is 0 Å². The summed E-state index contributed by atoms with van der Waals surface area (Å²) in [6.07, 6.45) is 0. The Morgan fingerprint density at radius 1 is 0.923 bits per heavy atom. The Morgan fingerprint density at radius 3 is 2.50 bits per heavy atom. The standard InChI is InChI=1S/C21H15ClN2O2/c22-16-8-6-7-15(13-16)14-26-23-20-18-11-4-5-12-19(18)24(21(20)25)17-9-2-1-3-10-17/h1-13H,14H2. The van der Waals surface area contributed by atoms with Crippen molar-refractivity contribution in [1.29, 1.82) is 0 Å². The summed E-state index contributed by atoms with van der Waals surface area (Å²) in [6, 6.07) is 24.4. The van der Waals surface area contributed by atoms with Crippen molar-refractivity contribution in [2.45, 2.75) is 6.61 Å². The van der Waals surface area contributed by atoms with Crippen molar-refractivity contribution in [3.8, 4) is 0 Å². The Hall–Kier alpha value is -3.11.